The molecule has 1 N–H and O–H groups in total. The van der Waals surface area contributed by atoms with Gasteiger partial charge in [0.2, 0.25) is 0 Å². The van der Waals surface area contributed by atoms with Crippen LogP contribution in [0.2, 0.25) is 5.02 Å². The normalized spacial score (nSPS) is 12.1. The average molecular weight is 436 g/mol. The van der Waals surface area contributed by atoms with Gasteiger partial charge in [0.1, 0.15) is 5.75 Å². The summed E-state index contributed by atoms with van der Waals surface area (Å²) < 4.78 is 9.12. The van der Waals surface area contributed by atoms with Gasteiger partial charge >= 0.3 is 0 Å². The number of aryl methyl sites for hydroxylation is 1. The Kier molecular flexibility index (Phi) is 6.70. The van der Waals surface area contributed by atoms with E-state index in [1.165, 1.54) is 0 Å². The number of hydrogen-bond acceptors (Lipinski definition) is 4. The molecule has 0 spiro atoms. The lowest BCUT2D eigenvalue weighted by atomic mass is 10.1. The van der Waals surface area contributed by atoms with Crippen molar-refractivity contribution >= 4 is 11.6 Å². The first-order chi connectivity index (χ1) is 15.1. The highest BCUT2D eigenvalue weighted by Gasteiger charge is 2.15. The third kappa shape index (κ3) is 5.16. The minimum atomic E-state index is 0.327. The maximum absolute atomic E-state index is 6.50. The van der Waals surface area contributed by atoms with Crippen LogP contribution in [0, 0.1) is 0 Å². The summed E-state index contributed by atoms with van der Waals surface area (Å²) in [6.07, 6.45) is 6.84. The molecule has 0 radical (unpaired) electrons. The van der Waals surface area contributed by atoms with Gasteiger partial charge < -0.3 is 10.1 Å². The monoisotopic (exact) mass is 435 g/mol. The number of nitrogens with one attached hydrogen (secondary N) is 1. The van der Waals surface area contributed by atoms with Gasteiger partial charge in [0.25, 0.3) is 0 Å². The summed E-state index contributed by atoms with van der Waals surface area (Å²) >= 11 is 6.50. The maximum atomic E-state index is 6.50. The smallest absolute Gasteiger partial charge is 0.119 e. The van der Waals surface area contributed by atoms with E-state index in [0.717, 1.165) is 41.2 Å². The molecule has 4 aromatic rings. The zero-order valence-corrected chi connectivity index (χ0v) is 18.5. The molecule has 0 unspecified atom stereocenters. The number of nitrogens with zero attached hydrogens (tertiary/aromatic N) is 4. The standard InChI is InChI=1S/C24H26ClN5O/c1-18(12-15-29-14-5-13-27-29)26-16-19-17-30(20-8-10-21(31-2)11-9-20)28-24(19)22-6-3-4-7-23(22)25/h3-11,13-14,17-18,26H,12,15-16H2,1-2H3/t18-/m0/s1. The quantitative estimate of drug-likeness (QED) is 0.403. The number of methoxy groups -OCH3 is 1. The third-order valence-electron chi connectivity index (χ3n) is 5.25. The van der Waals surface area contributed by atoms with Gasteiger partial charge in [-0.25, -0.2) is 4.68 Å². The van der Waals surface area contributed by atoms with Gasteiger partial charge in [0, 0.05) is 48.8 Å². The molecular weight excluding hydrogens is 410 g/mol. The summed E-state index contributed by atoms with van der Waals surface area (Å²) in [6, 6.07) is 17.9. The number of rotatable bonds is 9. The van der Waals surface area contributed by atoms with Crippen molar-refractivity contribution < 1.29 is 4.74 Å². The molecule has 6 nitrogen and oxygen atoms in total. The van der Waals surface area contributed by atoms with Gasteiger partial charge in [0.15, 0.2) is 0 Å². The van der Waals surface area contributed by atoms with Crippen molar-refractivity contribution in [3.05, 3.63) is 83.8 Å². The van der Waals surface area contributed by atoms with Gasteiger partial charge in [-0.05, 0) is 49.7 Å². The van der Waals surface area contributed by atoms with Gasteiger partial charge in [-0.2, -0.15) is 10.2 Å². The molecule has 2 aromatic heterocycles. The highest BCUT2D eigenvalue weighted by atomic mass is 35.5. The molecule has 7 heteroatoms. The van der Waals surface area contributed by atoms with E-state index in [9.17, 15) is 0 Å². The topological polar surface area (TPSA) is 56.9 Å². The summed E-state index contributed by atoms with van der Waals surface area (Å²) in [6.45, 7) is 3.76. The largest absolute Gasteiger partial charge is 0.497 e. The van der Waals surface area contributed by atoms with Gasteiger partial charge in [0.05, 0.1) is 23.5 Å². The fourth-order valence-electron chi connectivity index (χ4n) is 3.43. The van der Waals surface area contributed by atoms with Crippen LogP contribution in [0.1, 0.15) is 18.9 Å². The third-order valence-corrected chi connectivity index (χ3v) is 5.58. The summed E-state index contributed by atoms with van der Waals surface area (Å²) in [5.41, 5.74) is 3.87. The minimum absolute atomic E-state index is 0.327. The van der Waals surface area contributed by atoms with Gasteiger partial charge in [-0.15, -0.1) is 0 Å². The number of benzene rings is 2. The number of aromatic nitrogens is 4. The van der Waals surface area contributed by atoms with Gasteiger partial charge in [-0.1, -0.05) is 29.8 Å². The molecule has 0 saturated heterocycles. The van der Waals surface area contributed by atoms with E-state index in [2.05, 4.69) is 23.5 Å². The van der Waals surface area contributed by atoms with Crippen molar-refractivity contribution in [3.8, 4) is 22.7 Å². The van der Waals surface area contributed by atoms with Crippen molar-refractivity contribution in [2.45, 2.75) is 32.5 Å². The predicted octanol–water partition coefficient (Wildman–Crippen LogP) is 4.97. The Morgan fingerprint density at radius 2 is 1.90 bits per heavy atom. The molecule has 0 bridgehead atoms. The molecule has 160 valence electrons. The van der Waals surface area contributed by atoms with Crippen LogP contribution in [0.25, 0.3) is 16.9 Å². The molecule has 0 saturated carbocycles. The van der Waals surface area contributed by atoms with Crippen LogP contribution in [-0.4, -0.2) is 32.7 Å². The van der Waals surface area contributed by atoms with Crippen molar-refractivity contribution in [2.24, 2.45) is 0 Å². The van der Waals surface area contributed by atoms with E-state index in [1.807, 2.05) is 76.4 Å². The Morgan fingerprint density at radius 3 is 2.61 bits per heavy atom. The van der Waals surface area contributed by atoms with Crippen LogP contribution in [0.15, 0.2) is 73.2 Å². The van der Waals surface area contributed by atoms with E-state index in [-0.39, 0.29) is 0 Å². The molecule has 2 aromatic carbocycles. The van der Waals surface area contributed by atoms with Crippen molar-refractivity contribution in [2.75, 3.05) is 7.11 Å². The van der Waals surface area contributed by atoms with Crippen LogP contribution < -0.4 is 10.1 Å². The highest BCUT2D eigenvalue weighted by molar-refractivity contribution is 6.33. The molecule has 31 heavy (non-hydrogen) atoms. The van der Waals surface area contributed by atoms with Crippen molar-refractivity contribution in [3.63, 3.8) is 0 Å². The second-order valence-corrected chi connectivity index (χ2v) is 7.87. The molecule has 0 aliphatic carbocycles. The Balaban J connectivity index is 1.55. The SMILES string of the molecule is COc1ccc(-n2cc(CN[C@@H](C)CCn3cccn3)c(-c3ccccc3Cl)n2)cc1. The fourth-order valence-corrected chi connectivity index (χ4v) is 3.66. The first kappa shape index (κ1) is 21.2. The highest BCUT2D eigenvalue weighted by Crippen LogP contribution is 2.30. The molecular formula is C24H26ClN5O. The van der Waals surface area contributed by atoms with Crippen molar-refractivity contribution in [1.82, 2.24) is 24.9 Å². The molecule has 1 atom stereocenters. The summed E-state index contributed by atoms with van der Waals surface area (Å²) in [4.78, 5) is 0. The number of ether oxygens (including phenoxy) is 1. The van der Waals surface area contributed by atoms with E-state index in [1.54, 1.807) is 7.11 Å². The minimum Gasteiger partial charge on any atom is -0.497 e. The summed E-state index contributed by atoms with van der Waals surface area (Å²) in [7, 11) is 1.66. The number of halogens is 1. The van der Waals surface area contributed by atoms with Crippen LogP contribution >= 0.6 is 11.6 Å². The molecule has 0 amide bonds. The summed E-state index contributed by atoms with van der Waals surface area (Å²) in [5, 5.41) is 13.4. The molecule has 2 heterocycles. The summed E-state index contributed by atoms with van der Waals surface area (Å²) in [5.74, 6) is 0.815. The molecule has 0 aliphatic heterocycles. The maximum Gasteiger partial charge on any atom is 0.119 e. The lowest BCUT2D eigenvalue weighted by Gasteiger charge is -2.14. The van der Waals surface area contributed by atoms with Gasteiger partial charge in [-0.3, -0.25) is 4.68 Å². The Morgan fingerprint density at radius 1 is 1.10 bits per heavy atom. The van der Waals surface area contributed by atoms with Crippen LogP contribution in [0.4, 0.5) is 0 Å². The molecule has 0 fully saturated rings. The second-order valence-electron chi connectivity index (χ2n) is 7.47. The molecule has 4 rings (SSSR count). The second kappa shape index (κ2) is 9.81. The van der Waals surface area contributed by atoms with Crippen molar-refractivity contribution in [1.29, 1.82) is 0 Å². The van der Waals surface area contributed by atoms with E-state index < -0.39 is 0 Å². The number of hydrogen-bond donors (Lipinski definition) is 1. The Hall–Kier alpha value is -3.09. The lowest BCUT2D eigenvalue weighted by molar-refractivity contribution is 0.414. The van der Waals surface area contributed by atoms with Crippen LogP contribution in [-0.2, 0) is 13.1 Å². The molecule has 0 aliphatic rings. The zero-order chi connectivity index (χ0) is 21.6. The first-order valence-corrected chi connectivity index (χ1v) is 10.7. The predicted molar refractivity (Wildman–Crippen MR) is 124 cm³/mol. The van der Waals surface area contributed by atoms with E-state index in [0.29, 0.717) is 17.6 Å². The van der Waals surface area contributed by atoms with Crippen LogP contribution in [0.5, 0.6) is 5.75 Å². The Bertz CT molecular complexity index is 1110. The first-order valence-electron chi connectivity index (χ1n) is 10.3. The fraction of sp³-hybridized carbons (Fsp3) is 0.250. The average Bonchev–Trinajstić information content (AvgIpc) is 3.47. The Labute approximate surface area is 187 Å². The van der Waals surface area contributed by atoms with E-state index >= 15 is 0 Å². The van der Waals surface area contributed by atoms with E-state index in [4.69, 9.17) is 21.4 Å². The zero-order valence-electron chi connectivity index (χ0n) is 17.7. The lowest BCUT2D eigenvalue weighted by Crippen LogP contribution is -2.27. The van der Waals surface area contributed by atoms with Crippen LogP contribution in [0.3, 0.4) is 0 Å².